The number of aromatic hydroxyl groups is 1. The van der Waals surface area contributed by atoms with Gasteiger partial charge in [-0.2, -0.15) is 0 Å². The van der Waals surface area contributed by atoms with Gasteiger partial charge in [-0.3, -0.25) is 0 Å². The largest absolute Gasteiger partial charge is 0.508 e. The number of hydrogen-bond acceptors (Lipinski definition) is 3. The van der Waals surface area contributed by atoms with Gasteiger partial charge in [0.15, 0.2) is 0 Å². The summed E-state index contributed by atoms with van der Waals surface area (Å²) in [5.41, 5.74) is 1.29. The molecule has 2 aromatic rings. The fourth-order valence-electron chi connectivity index (χ4n) is 4.25. The highest BCUT2D eigenvalue weighted by Crippen LogP contribution is 2.49. The van der Waals surface area contributed by atoms with Crippen molar-refractivity contribution in [2.24, 2.45) is 5.92 Å². The lowest BCUT2D eigenvalue weighted by Crippen LogP contribution is -2.44. The van der Waals surface area contributed by atoms with E-state index in [-0.39, 0.29) is 30.1 Å². The lowest BCUT2D eigenvalue weighted by Gasteiger charge is -2.46. The first-order valence-electron chi connectivity index (χ1n) is 8.75. The molecule has 1 fully saturated rings. The van der Waals surface area contributed by atoms with E-state index in [1.807, 2.05) is 18.2 Å². The van der Waals surface area contributed by atoms with Gasteiger partial charge in [0, 0.05) is 12.0 Å². The molecule has 2 N–H and O–H groups in total. The Balaban J connectivity index is 0.00000225. The molecule has 3 rings (SSSR count). The third kappa shape index (κ3) is 4.00. The van der Waals surface area contributed by atoms with E-state index in [1.165, 1.54) is 5.56 Å². The molecule has 25 heavy (non-hydrogen) atoms. The molecule has 136 valence electrons. The van der Waals surface area contributed by atoms with Gasteiger partial charge in [-0.05, 0) is 50.2 Å². The number of phenols is 1. The summed E-state index contributed by atoms with van der Waals surface area (Å²) in [6, 6.07) is 17.7. The van der Waals surface area contributed by atoms with Gasteiger partial charge in [-0.15, -0.1) is 12.4 Å². The summed E-state index contributed by atoms with van der Waals surface area (Å²) in [4.78, 5) is 2.22. The number of aliphatic hydroxyl groups is 1. The summed E-state index contributed by atoms with van der Waals surface area (Å²) in [5.74, 6) is 0.357. The summed E-state index contributed by atoms with van der Waals surface area (Å²) in [6.07, 6.45) is 3.93. The molecule has 3 nitrogen and oxygen atoms in total. The first-order valence-corrected chi connectivity index (χ1v) is 8.75. The Morgan fingerprint density at radius 3 is 2.24 bits per heavy atom. The number of rotatable bonds is 4. The highest BCUT2D eigenvalue weighted by molar-refractivity contribution is 5.85. The highest BCUT2D eigenvalue weighted by atomic mass is 35.5. The number of benzene rings is 2. The molecule has 0 spiro atoms. The van der Waals surface area contributed by atoms with Crippen LogP contribution in [0.25, 0.3) is 0 Å². The van der Waals surface area contributed by atoms with Crippen molar-refractivity contribution < 1.29 is 10.2 Å². The third-order valence-electron chi connectivity index (χ3n) is 5.38. The van der Waals surface area contributed by atoms with E-state index in [9.17, 15) is 10.2 Å². The van der Waals surface area contributed by atoms with Crippen LogP contribution in [-0.4, -0.2) is 29.2 Å². The maximum atomic E-state index is 11.7. The molecular formula is C21H28ClNO2. The normalized spacial score (nSPS) is 24.6. The van der Waals surface area contributed by atoms with Crippen molar-refractivity contribution in [2.45, 2.75) is 37.3 Å². The second kappa shape index (κ2) is 8.22. The first kappa shape index (κ1) is 19.8. The molecule has 0 bridgehead atoms. The minimum absolute atomic E-state index is 0. The predicted molar refractivity (Wildman–Crippen MR) is 104 cm³/mol. The zero-order valence-corrected chi connectivity index (χ0v) is 15.7. The summed E-state index contributed by atoms with van der Waals surface area (Å²) in [6.45, 7) is 0. The maximum Gasteiger partial charge on any atom is 0.115 e. The monoisotopic (exact) mass is 361 g/mol. The minimum Gasteiger partial charge on any atom is -0.508 e. The maximum absolute atomic E-state index is 11.7. The molecule has 4 heteroatoms. The van der Waals surface area contributed by atoms with Crippen LogP contribution in [0.5, 0.6) is 5.75 Å². The van der Waals surface area contributed by atoms with Crippen molar-refractivity contribution in [3.05, 3.63) is 65.7 Å². The van der Waals surface area contributed by atoms with Crippen LogP contribution in [0, 0.1) is 5.92 Å². The van der Waals surface area contributed by atoms with Gasteiger partial charge in [-0.1, -0.05) is 55.3 Å². The number of halogens is 1. The van der Waals surface area contributed by atoms with Crippen molar-refractivity contribution in [3.8, 4) is 5.75 Å². The van der Waals surface area contributed by atoms with Crippen molar-refractivity contribution in [2.75, 3.05) is 14.1 Å². The van der Waals surface area contributed by atoms with Gasteiger partial charge < -0.3 is 15.1 Å². The van der Waals surface area contributed by atoms with E-state index < -0.39 is 5.60 Å². The van der Waals surface area contributed by atoms with Crippen LogP contribution in [0.2, 0.25) is 0 Å². The fourth-order valence-corrected chi connectivity index (χ4v) is 4.25. The Kier molecular flexibility index (Phi) is 6.50. The van der Waals surface area contributed by atoms with Crippen LogP contribution < -0.4 is 0 Å². The molecule has 1 saturated carbocycles. The van der Waals surface area contributed by atoms with Crippen LogP contribution in [0.15, 0.2) is 54.6 Å². The zero-order valence-electron chi connectivity index (χ0n) is 14.9. The summed E-state index contributed by atoms with van der Waals surface area (Å²) in [7, 11) is 4.17. The molecule has 0 aromatic heterocycles. The Bertz CT molecular complexity index is 659. The standard InChI is InChI=1S/C21H27NO2.ClH/c1-22(2)20(16-8-4-3-5-9-16)19-10-6-7-15-21(19,24)17-11-13-18(23)14-12-17;/h3-5,8-9,11-14,19-20,23-24H,6-7,10,15H2,1-2H3;1H. The molecule has 1 aliphatic carbocycles. The van der Waals surface area contributed by atoms with E-state index in [0.29, 0.717) is 0 Å². The van der Waals surface area contributed by atoms with Crippen molar-refractivity contribution in [1.29, 1.82) is 0 Å². The second-order valence-electron chi connectivity index (χ2n) is 7.14. The lowest BCUT2D eigenvalue weighted by molar-refractivity contribution is -0.0838. The van der Waals surface area contributed by atoms with Gasteiger partial charge in [0.1, 0.15) is 5.75 Å². The van der Waals surface area contributed by atoms with Crippen molar-refractivity contribution >= 4 is 12.4 Å². The second-order valence-corrected chi connectivity index (χ2v) is 7.14. The molecule has 0 heterocycles. The van der Waals surface area contributed by atoms with Gasteiger partial charge in [0.2, 0.25) is 0 Å². The Morgan fingerprint density at radius 1 is 1.00 bits per heavy atom. The van der Waals surface area contributed by atoms with E-state index in [2.05, 4.69) is 43.3 Å². The highest BCUT2D eigenvalue weighted by Gasteiger charge is 2.45. The molecule has 0 aliphatic heterocycles. The average Bonchev–Trinajstić information content (AvgIpc) is 2.58. The molecule has 3 unspecified atom stereocenters. The summed E-state index contributed by atoms with van der Waals surface area (Å²) >= 11 is 0. The van der Waals surface area contributed by atoms with Crippen LogP contribution in [0.3, 0.4) is 0 Å². The van der Waals surface area contributed by atoms with Gasteiger partial charge in [-0.25, -0.2) is 0 Å². The smallest absolute Gasteiger partial charge is 0.115 e. The quantitative estimate of drug-likeness (QED) is 0.842. The number of phenolic OH excluding ortho intramolecular Hbond substituents is 1. The Labute approximate surface area is 156 Å². The molecule has 0 radical (unpaired) electrons. The van der Waals surface area contributed by atoms with Crippen LogP contribution in [0.4, 0.5) is 0 Å². The Hall–Kier alpha value is -1.55. The molecular weight excluding hydrogens is 334 g/mol. The fraction of sp³-hybridized carbons (Fsp3) is 0.429. The minimum atomic E-state index is -0.864. The SMILES string of the molecule is CN(C)C(c1ccccc1)C1CCCCC1(O)c1ccc(O)cc1.Cl. The summed E-state index contributed by atoms with van der Waals surface area (Å²) < 4.78 is 0. The van der Waals surface area contributed by atoms with Crippen LogP contribution >= 0.6 is 12.4 Å². The van der Waals surface area contributed by atoms with E-state index in [1.54, 1.807) is 12.1 Å². The number of nitrogens with zero attached hydrogens (tertiary/aromatic N) is 1. The number of hydrogen-bond donors (Lipinski definition) is 2. The third-order valence-corrected chi connectivity index (χ3v) is 5.38. The molecule has 1 aliphatic rings. The topological polar surface area (TPSA) is 43.7 Å². The first-order chi connectivity index (χ1) is 11.5. The lowest BCUT2D eigenvalue weighted by atomic mass is 9.67. The van der Waals surface area contributed by atoms with Crippen molar-refractivity contribution in [1.82, 2.24) is 4.90 Å². The van der Waals surface area contributed by atoms with Gasteiger partial charge in [0.05, 0.1) is 5.60 Å². The predicted octanol–water partition coefficient (Wildman–Crippen LogP) is 4.49. The van der Waals surface area contributed by atoms with Crippen LogP contribution in [-0.2, 0) is 5.60 Å². The van der Waals surface area contributed by atoms with Crippen molar-refractivity contribution in [3.63, 3.8) is 0 Å². The van der Waals surface area contributed by atoms with Gasteiger partial charge in [0.25, 0.3) is 0 Å². The Morgan fingerprint density at radius 2 is 1.64 bits per heavy atom. The molecule has 0 amide bonds. The summed E-state index contributed by atoms with van der Waals surface area (Å²) in [5, 5.41) is 21.3. The van der Waals surface area contributed by atoms with E-state index in [4.69, 9.17) is 0 Å². The molecule has 2 aromatic carbocycles. The van der Waals surface area contributed by atoms with E-state index >= 15 is 0 Å². The molecule has 3 atom stereocenters. The average molecular weight is 362 g/mol. The van der Waals surface area contributed by atoms with Crippen LogP contribution in [0.1, 0.15) is 42.9 Å². The molecule has 0 saturated heterocycles. The van der Waals surface area contributed by atoms with E-state index in [0.717, 1.165) is 31.2 Å². The van der Waals surface area contributed by atoms with Gasteiger partial charge >= 0.3 is 0 Å². The zero-order chi connectivity index (χ0) is 17.2.